The Hall–Kier alpha value is -5.23. The molecule has 0 unspecified atom stereocenters. The number of hydrogen-bond donors (Lipinski definition) is 2. The normalized spacial score (nSPS) is 12.0. The van der Waals surface area contributed by atoms with Gasteiger partial charge in [-0.15, -0.1) is 0 Å². The average molecular weight is 566 g/mol. The summed E-state index contributed by atoms with van der Waals surface area (Å²) in [6, 6.07) is 30.2. The van der Waals surface area contributed by atoms with E-state index < -0.39 is 0 Å². The molecule has 0 fully saturated rings. The van der Waals surface area contributed by atoms with E-state index in [0.29, 0.717) is 45.9 Å². The van der Waals surface area contributed by atoms with Gasteiger partial charge >= 0.3 is 235 Å². The van der Waals surface area contributed by atoms with Gasteiger partial charge in [-0.3, -0.25) is 0 Å². The molecule has 2 N–H and O–H groups in total. The molecular formula is C32H17CrN8. The van der Waals surface area contributed by atoms with Gasteiger partial charge in [0.25, 0.3) is 0 Å². The van der Waals surface area contributed by atoms with E-state index in [1.807, 2.05) is 91.0 Å². The maximum atomic E-state index is 5.06. The van der Waals surface area contributed by atoms with Crippen molar-refractivity contribution >= 4 is 48.6 Å². The fraction of sp³-hybridized carbons (Fsp3) is 0. The van der Waals surface area contributed by atoms with Crippen molar-refractivity contribution in [2.75, 3.05) is 0 Å². The fourth-order valence-electron chi connectivity index (χ4n) is 5.66. The first-order chi connectivity index (χ1) is 20.2. The summed E-state index contributed by atoms with van der Waals surface area (Å²) in [6.07, 6.45) is 0. The average Bonchev–Trinajstić information content (AvgIpc) is 3.73. The number of H-pyrrole nitrogens is 2. The van der Waals surface area contributed by atoms with Crippen LogP contribution in [0.25, 0.3) is 89.7 Å². The van der Waals surface area contributed by atoms with Crippen molar-refractivity contribution in [3.8, 4) is 45.6 Å². The van der Waals surface area contributed by atoms with Crippen LogP contribution in [-0.2, 0) is 16.3 Å². The van der Waals surface area contributed by atoms with Crippen LogP contribution in [0.5, 0.6) is 0 Å². The molecule has 0 saturated carbocycles. The van der Waals surface area contributed by atoms with E-state index >= 15 is 0 Å². The van der Waals surface area contributed by atoms with Crippen molar-refractivity contribution in [3.05, 3.63) is 91.0 Å². The van der Waals surface area contributed by atoms with Crippen LogP contribution in [0.2, 0.25) is 0 Å². The van der Waals surface area contributed by atoms with Crippen LogP contribution in [0.3, 0.4) is 0 Å². The fourth-order valence-corrected chi connectivity index (χ4v) is 6.10. The zero-order valence-electron chi connectivity index (χ0n) is 21.3. The van der Waals surface area contributed by atoms with E-state index in [-0.39, 0.29) is 0 Å². The first kappa shape index (κ1) is 22.6. The molecule has 4 aromatic carbocycles. The molecule has 3 aromatic heterocycles. The van der Waals surface area contributed by atoms with E-state index in [1.165, 1.54) is 0 Å². The third kappa shape index (κ3) is 3.34. The first-order valence-corrected chi connectivity index (χ1v) is 13.8. The minimum atomic E-state index is 0.587. The van der Waals surface area contributed by atoms with Crippen LogP contribution in [-0.4, -0.2) is 39.9 Å². The summed E-state index contributed by atoms with van der Waals surface area (Å²) in [6.45, 7) is 0. The molecule has 0 amide bonds. The number of nitrogens with one attached hydrogen (secondary N) is 2. The van der Waals surface area contributed by atoms with Crippen LogP contribution >= 0.6 is 0 Å². The molecule has 0 spiro atoms. The molecule has 8 nitrogen and oxygen atoms in total. The molecule has 191 valence electrons. The number of aromatic amines is 2. The van der Waals surface area contributed by atoms with Crippen LogP contribution in [0.15, 0.2) is 91.0 Å². The van der Waals surface area contributed by atoms with Gasteiger partial charge in [-0.1, -0.05) is 6.07 Å². The Kier molecular flexibility index (Phi) is 4.62. The minimum absolute atomic E-state index is 0.587. The van der Waals surface area contributed by atoms with Crippen LogP contribution in [0, 0.1) is 0 Å². The number of fused-ring (bicyclic) bond motifs is 20. The summed E-state index contributed by atoms with van der Waals surface area (Å²) < 4.78 is 0.971. The molecule has 41 heavy (non-hydrogen) atoms. The second-order valence-corrected chi connectivity index (χ2v) is 10.6. The predicted molar refractivity (Wildman–Crippen MR) is 156 cm³/mol. The number of rotatable bonds is 0. The molecule has 5 heterocycles. The molecule has 0 aliphatic carbocycles. The number of nitrogens with zero attached hydrogens (tertiary/aromatic N) is 6. The molecule has 0 saturated heterocycles. The quantitative estimate of drug-likeness (QED) is 0.232. The second-order valence-electron chi connectivity index (χ2n) is 9.93. The third-order valence-corrected chi connectivity index (χ3v) is 8.07. The maximum absolute atomic E-state index is 5.06. The summed E-state index contributed by atoms with van der Waals surface area (Å²) in [5.41, 5.74) is 6.39. The molecule has 0 radical (unpaired) electrons. The molecule has 2 aliphatic heterocycles. The summed E-state index contributed by atoms with van der Waals surface area (Å²) >= 11 is 3.18. The number of hydrogen-bond acceptors (Lipinski definition) is 6. The van der Waals surface area contributed by atoms with Gasteiger partial charge in [0.1, 0.15) is 0 Å². The molecule has 8 bridgehead atoms. The van der Waals surface area contributed by atoms with Gasteiger partial charge in [0.05, 0.1) is 0 Å². The zero-order valence-corrected chi connectivity index (χ0v) is 22.5. The van der Waals surface area contributed by atoms with Crippen molar-refractivity contribution in [2.24, 2.45) is 0 Å². The first-order valence-electron chi connectivity index (χ1n) is 13.1. The number of aromatic nitrogens is 8. The van der Waals surface area contributed by atoms with Gasteiger partial charge in [-0.25, -0.2) is 0 Å². The van der Waals surface area contributed by atoms with Gasteiger partial charge in [0.2, 0.25) is 0 Å². The Morgan fingerprint density at radius 2 is 0.780 bits per heavy atom. The Balaban J connectivity index is 1.52. The van der Waals surface area contributed by atoms with Crippen molar-refractivity contribution in [1.82, 2.24) is 39.9 Å². The molecule has 9 rings (SSSR count). The summed E-state index contributed by atoms with van der Waals surface area (Å²) in [7, 11) is 0. The standard InChI is InChI=1S/C32H17N8.Cr/c1-2-10-18-17(9-1)25-33-26(18)38-28-21-13-5-6-14-22(21)30(35-28)40-32-24-16-8-7-15-23(24)31(36-32)39-29-20-12-4-3-11-19(20)27(34-29)37-25;/h1-15H,(H2,33,34,35,36,37,38,39,40);. The van der Waals surface area contributed by atoms with Gasteiger partial charge in [0, 0.05) is 0 Å². The topological polar surface area (TPSA) is 109 Å². The van der Waals surface area contributed by atoms with E-state index in [1.54, 1.807) is 0 Å². The van der Waals surface area contributed by atoms with E-state index in [4.69, 9.17) is 29.9 Å². The van der Waals surface area contributed by atoms with Crippen LogP contribution in [0.4, 0.5) is 0 Å². The second kappa shape index (κ2) is 8.39. The van der Waals surface area contributed by atoms with E-state index in [0.717, 1.165) is 48.2 Å². The molecule has 2 aliphatic rings. The van der Waals surface area contributed by atoms with Gasteiger partial charge in [-0.05, 0) is 0 Å². The Labute approximate surface area is 240 Å². The van der Waals surface area contributed by atoms with E-state index in [9.17, 15) is 0 Å². The zero-order chi connectivity index (χ0) is 27.1. The Morgan fingerprint density at radius 3 is 1.29 bits per heavy atom. The summed E-state index contributed by atoms with van der Waals surface area (Å²) in [5.74, 6) is 2.36. The van der Waals surface area contributed by atoms with Crippen molar-refractivity contribution < 1.29 is 16.3 Å². The van der Waals surface area contributed by atoms with Crippen LogP contribution < -0.4 is 4.43 Å². The van der Waals surface area contributed by atoms with Gasteiger partial charge < -0.3 is 0 Å². The molecular weight excluding hydrogens is 548 g/mol. The summed E-state index contributed by atoms with van der Waals surface area (Å²) in [4.78, 5) is 36.9. The van der Waals surface area contributed by atoms with Gasteiger partial charge in [0.15, 0.2) is 0 Å². The third-order valence-electron chi connectivity index (χ3n) is 7.54. The number of benzene rings is 4. The summed E-state index contributed by atoms with van der Waals surface area (Å²) in [5, 5.41) is 3.79. The van der Waals surface area contributed by atoms with Crippen molar-refractivity contribution in [1.29, 1.82) is 0 Å². The monoisotopic (exact) mass is 565 g/mol. The molecule has 7 aromatic rings. The SMILES string of the molecule is [Cr][c]1cccc2c3nc4nc(nc5[nH]c(nc6nc(nc([nH]3)c12)-c1ccccc1-6)c1ccccc51)-c1ccccc1-4. The van der Waals surface area contributed by atoms with Crippen LogP contribution in [0.1, 0.15) is 0 Å². The molecule has 0 atom stereocenters. The van der Waals surface area contributed by atoms with Crippen molar-refractivity contribution in [2.45, 2.75) is 0 Å². The Bertz CT molecular complexity index is 2400. The van der Waals surface area contributed by atoms with Crippen molar-refractivity contribution in [3.63, 3.8) is 0 Å². The van der Waals surface area contributed by atoms with Gasteiger partial charge in [-0.2, -0.15) is 0 Å². The predicted octanol–water partition coefficient (Wildman–Crippen LogP) is 6.04. The Morgan fingerprint density at radius 1 is 0.390 bits per heavy atom. The van der Waals surface area contributed by atoms with E-state index in [2.05, 4.69) is 26.3 Å². The molecule has 9 heteroatoms.